The number of H-pyrrole nitrogens is 1. The molecule has 1 aliphatic rings. The fraction of sp³-hybridized carbons (Fsp3) is 0.467. The predicted molar refractivity (Wildman–Crippen MR) is 76.6 cm³/mol. The summed E-state index contributed by atoms with van der Waals surface area (Å²) in [4.78, 5) is 14.4. The van der Waals surface area contributed by atoms with Gasteiger partial charge in [-0.25, -0.2) is 0 Å². The number of hydrogen-bond acceptors (Lipinski definition) is 4. The van der Waals surface area contributed by atoms with E-state index in [1.807, 2.05) is 13.0 Å². The van der Waals surface area contributed by atoms with E-state index in [1.54, 1.807) is 23.3 Å². The number of nitrogens with one attached hydrogen (secondary N) is 1. The van der Waals surface area contributed by atoms with E-state index in [1.165, 1.54) is 0 Å². The van der Waals surface area contributed by atoms with Crippen LogP contribution in [0, 0.1) is 5.92 Å². The van der Waals surface area contributed by atoms with Gasteiger partial charge in [-0.05, 0) is 37.8 Å². The molecule has 0 aromatic carbocycles. The van der Waals surface area contributed by atoms with Gasteiger partial charge in [-0.3, -0.25) is 9.89 Å². The summed E-state index contributed by atoms with van der Waals surface area (Å²) < 4.78 is 5.28. The molecule has 2 N–H and O–H groups in total. The van der Waals surface area contributed by atoms with Crippen molar-refractivity contribution in [2.24, 2.45) is 5.92 Å². The summed E-state index contributed by atoms with van der Waals surface area (Å²) in [6.45, 7) is 2.74. The first kappa shape index (κ1) is 13.9. The van der Waals surface area contributed by atoms with Crippen molar-refractivity contribution in [1.82, 2.24) is 15.1 Å². The number of furan rings is 1. The molecule has 112 valence electrons. The van der Waals surface area contributed by atoms with Crippen LogP contribution < -0.4 is 0 Å². The van der Waals surface area contributed by atoms with E-state index in [9.17, 15) is 9.90 Å². The van der Waals surface area contributed by atoms with Gasteiger partial charge in [0.05, 0.1) is 6.26 Å². The topological polar surface area (TPSA) is 82.4 Å². The molecule has 2 aromatic rings. The highest BCUT2D eigenvalue weighted by molar-refractivity contribution is 5.93. The Hall–Kier alpha value is -2.08. The molecule has 0 radical (unpaired) electrons. The standard InChI is InChI=1S/C15H19N3O3/c1-10-4-5-11(9-19)8-18(10)15(20)13-7-12(16-17-13)14-3-2-6-21-14/h2-3,6-7,10-11,19H,4-5,8-9H2,1H3,(H,16,17). The van der Waals surface area contributed by atoms with Crippen LogP contribution in [0.25, 0.3) is 11.5 Å². The zero-order valence-corrected chi connectivity index (χ0v) is 12.0. The molecule has 3 heterocycles. The number of aliphatic hydroxyl groups excluding tert-OH is 1. The lowest BCUT2D eigenvalue weighted by Gasteiger charge is -2.37. The molecule has 1 amide bonds. The summed E-state index contributed by atoms with van der Waals surface area (Å²) in [7, 11) is 0. The molecule has 2 unspecified atom stereocenters. The Labute approximate surface area is 122 Å². The Morgan fingerprint density at radius 3 is 3.14 bits per heavy atom. The second kappa shape index (κ2) is 5.73. The highest BCUT2D eigenvalue weighted by atomic mass is 16.3. The van der Waals surface area contributed by atoms with Gasteiger partial charge in [-0.15, -0.1) is 0 Å². The third-order valence-corrected chi connectivity index (χ3v) is 4.08. The monoisotopic (exact) mass is 289 g/mol. The fourth-order valence-electron chi connectivity index (χ4n) is 2.75. The third-order valence-electron chi connectivity index (χ3n) is 4.08. The maximum absolute atomic E-state index is 12.6. The van der Waals surface area contributed by atoms with Crippen LogP contribution in [0.15, 0.2) is 28.9 Å². The van der Waals surface area contributed by atoms with Crippen LogP contribution in [-0.4, -0.2) is 45.3 Å². The molecule has 3 rings (SSSR count). The number of aromatic amines is 1. The van der Waals surface area contributed by atoms with Crippen LogP contribution in [0.5, 0.6) is 0 Å². The SMILES string of the molecule is CC1CCC(CO)CN1C(=O)c1cc(-c2ccco2)[nH]n1. The number of carbonyl (C=O) groups is 1. The Kier molecular flexibility index (Phi) is 3.79. The number of aliphatic hydroxyl groups is 1. The van der Waals surface area contributed by atoms with E-state index in [4.69, 9.17) is 4.42 Å². The average Bonchev–Trinajstić information content (AvgIpc) is 3.18. The fourth-order valence-corrected chi connectivity index (χ4v) is 2.75. The lowest BCUT2D eigenvalue weighted by Crippen LogP contribution is -2.46. The van der Waals surface area contributed by atoms with Crippen molar-refractivity contribution >= 4 is 5.91 Å². The van der Waals surface area contributed by atoms with Crippen molar-refractivity contribution in [2.45, 2.75) is 25.8 Å². The highest BCUT2D eigenvalue weighted by Gasteiger charge is 2.30. The van der Waals surface area contributed by atoms with Gasteiger partial charge >= 0.3 is 0 Å². The molecule has 21 heavy (non-hydrogen) atoms. The smallest absolute Gasteiger partial charge is 0.274 e. The number of nitrogens with zero attached hydrogens (tertiary/aromatic N) is 2. The number of carbonyl (C=O) groups excluding carboxylic acids is 1. The van der Waals surface area contributed by atoms with Crippen LogP contribution in [-0.2, 0) is 0 Å². The van der Waals surface area contributed by atoms with E-state index in [0.29, 0.717) is 23.7 Å². The number of likely N-dealkylation sites (tertiary alicyclic amines) is 1. The zero-order valence-electron chi connectivity index (χ0n) is 12.0. The molecule has 2 atom stereocenters. The molecule has 6 nitrogen and oxygen atoms in total. The van der Waals surface area contributed by atoms with E-state index in [0.717, 1.165) is 12.8 Å². The molecule has 6 heteroatoms. The normalized spacial score (nSPS) is 22.5. The largest absolute Gasteiger partial charge is 0.463 e. The Morgan fingerprint density at radius 1 is 1.57 bits per heavy atom. The van der Waals surface area contributed by atoms with Crippen molar-refractivity contribution in [3.8, 4) is 11.5 Å². The van der Waals surface area contributed by atoms with E-state index >= 15 is 0 Å². The van der Waals surface area contributed by atoms with Crippen LogP contribution in [0.1, 0.15) is 30.3 Å². The third kappa shape index (κ3) is 2.71. The summed E-state index contributed by atoms with van der Waals surface area (Å²) >= 11 is 0. The van der Waals surface area contributed by atoms with Crippen molar-refractivity contribution < 1.29 is 14.3 Å². The summed E-state index contributed by atoms with van der Waals surface area (Å²) in [5, 5.41) is 16.2. The van der Waals surface area contributed by atoms with Crippen LogP contribution in [0.3, 0.4) is 0 Å². The maximum atomic E-state index is 12.6. The van der Waals surface area contributed by atoms with Gasteiger partial charge in [0.25, 0.3) is 5.91 Å². The predicted octanol–water partition coefficient (Wildman–Crippen LogP) is 1.90. The summed E-state index contributed by atoms with van der Waals surface area (Å²) in [6.07, 6.45) is 3.45. The van der Waals surface area contributed by atoms with E-state index in [2.05, 4.69) is 10.2 Å². The van der Waals surface area contributed by atoms with Gasteiger partial charge < -0.3 is 14.4 Å². The van der Waals surface area contributed by atoms with Gasteiger partial charge in [0.2, 0.25) is 0 Å². The van der Waals surface area contributed by atoms with Gasteiger partial charge in [-0.2, -0.15) is 5.10 Å². The number of amides is 1. The minimum Gasteiger partial charge on any atom is -0.463 e. The Balaban J connectivity index is 1.78. The lowest BCUT2D eigenvalue weighted by atomic mass is 9.94. The molecular formula is C15H19N3O3. The zero-order chi connectivity index (χ0) is 14.8. The van der Waals surface area contributed by atoms with Crippen molar-refractivity contribution in [3.05, 3.63) is 30.2 Å². The molecule has 0 saturated carbocycles. The second-order valence-corrected chi connectivity index (χ2v) is 5.58. The first-order chi connectivity index (χ1) is 10.2. The second-order valence-electron chi connectivity index (χ2n) is 5.58. The van der Waals surface area contributed by atoms with E-state index in [-0.39, 0.29) is 24.5 Å². The highest BCUT2D eigenvalue weighted by Crippen LogP contribution is 2.24. The molecule has 1 saturated heterocycles. The molecule has 1 fully saturated rings. The van der Waals surface area contributed by atoms with Gasteiger partial charge in [0.15, 0.2) is 11.5 Å². The van der Waals surface area contributed by atoms with Crippen molar-refractivity contribution in [2.75, 3.05) is 13.2 Å². The molecule has 2 aromatic heterocycles. The number of piperidine rings is 1. The van der Waals surface area contributed by atoms with Gasteiger partial charge in [0, 0.05) is 25.3 Å². The van der Waals surface area contributed by atoms with Gasteiger partial charge in [-0.1, -0.05) is 0 Å². The van der Waals surface area contributed by atoms with Crippen LogP contribution in [0.4, 0.5) is 0 Å². The molecular weight excluding hydrogens is 270 g/mol. The molecule has 0 aliphatic carbocycles. The first-order valence-corrected chi connectivity index (χ1v) is 7.20. The minimum absolute atomic E-state index is 0.102. The summed E-state index contributed by atoms with van der Waals surface area (Å²) in [5.41, 5.74) is 1.07. The average molecular weight is 289 g/mol. The first-order valence-electron chi connectivity index (χ1n) is 7.20. The van der Waals surface area contributed by atoms with Crippen LogP contribution in [0.2, 0.25) is 0 Å². The van der Waals surface area contributed by atoms with Crippen molar-refractivity contribution in [1.29, 1.82) is 0 Å². The molecule has 0 spiro atoms. The summed E-state index contributed by atoms with van der Waals surface area (Å²) in [5.74, 6) is 0.713. The number of aromatic nitrogens is 2. The molecule has 1 aliphatic heterocycles. The molecule has 0 bridgehead atoms. The van der Waals surface area contributed by atoms with Crippen LogP contribution >= 0.6 is 0 Å². The van der Waals surface area contributed by atoms with Gasteiger partial charge in [0.1, 0.15) is 5.69 Å². The quantitative estimate of drug-likeness (QED) is 0.904. The number of rotatable bonds is 3. The minimum atomic E-state index is -0.102. The van der Waals surface area contributed by atoms with E-state index < -0.39 is 0 Å². The van der Waals surface area contributed by atoms with Crippen molar-refractivity contribution in [3.63, 3.8) is 0 Å². The Morgan fingerprint density at radius 2 is 2.43 bits per heavy atom. The Bertz CT molecular complexity index is 605. The maximum Gasteiger partial charge on any atom is 0.274 e. The number of hydrogen-bond donors (Lipinski definition) is 2. The summed E-state index contributed by atoms with van der Waals surface area (Å²) in [6, 6.07) is 5.48. The lowest BCUT2D eigenvalue weighted by molar-refractivity contribution is 0.0483.